The van der Waals surface area contributed by atoms with Crippen LogP contribution < -0.4 is 10.6 Å². The standard InChI is InChI=1S/C21H14Cl3F7N2O2/c1-8-4-9(5-12(16(8)25)21(29,30)31)14-15(20(14,23)24)18(35)33-10-2-3-13(22)11(6-10)17(34)32-7-19(26,27)28/h2-6,14-15H,7H2,1H3,(H,32,34)(H,33,35)/t14-,15-/m1/s1. The lowest BCUT2D eigenvalue weighted by molar-refractivity contribution is -0.140. The summed E-state index contributed by atoms with van der Waals surface area (Å²) in [4.78, 5) is 24.8. The van der Waals surface area contributed by atoms with E-state index in [0.717, 1.165) is 25.1 Å². The molecule has 1 aliphatic rings. The van der Waals surface area contributed by atoms with Crippen molar-refractivity contribution in [3.05, 3.63) is 63.4 Å². The van der Waals surface area contributed by atoms with Gasteiger partial charge in [0.05, 0.1) is 22.1 Å². The van der Waals surface area contributed by atoms with Crippen molar-refractivity contribution in [2.45, 2.75) is 29.5 Å². The van der Waals surface area contributed by atoms with Gasteiger partial charge in [0.2, 0.25) is 5.91 Å². The molecule has 0 spiro atoms. The van der Waals surface area contributed by atoms with Gasteiger partial charge in [-0.2, -0.15) is 26.3 Å². The molecule has 190 valence electrons. The van der Waals surface area contributed by atoms with E-state index < -0.39 is 58.3 Å². The van der Waals surface area contributed by atoms with Crippen LogP contribution in [0.3, 0.4) is 0 Å². The van der Waals surface area contributed by atoms with E-state index in [9.17, 15) is 40.3 Å². The van der Waals surface area contributed by atoms with Crippen LogP contribution >= 0.6 is 34.8 Å². The molecule has 0 bridgehead atoms. The van der Waals surface area contributed by atoms with E-state index in [1.54, 1.807) is 5.32 Å². The second-order valence-electron chi connectivity index (χ2n) is 7.81. The number of nitrogens with one attached hydrogen (secondary N) is 2. The van der Waals surface area contributed by atoms with E-state index in [0.29, 0.717) is 6.07 Å². The molecule has 2 amide bonds. The number of hydrogen-bond donors (Lipinski definition) is 2. The lowest BCUT2D eigenvalue weighted by Crippen LogP contribution is -2.33. The summed E-state index contributed by atoms with van der Waals surface area (Å²) in [5.41, 5.74) is -2.39. The Morgan fingerprint density at radius 2 is 1.69 bits per heavy atom. The summed E-state index contributed by atoms with van der Waals surface area (Å²) in [5, 5.41) is 3.80. The van der Waals surface area contributed by atoms with Crippen LogP contribution in [0.25, 0.3) is 0 Å². The van der Waals surface area contributed by atoms with Crippen LogP contribution in [0.4, 0.5) is 36.4 Å². The number of aryl methyl sites for hydroxylation is 1. The van der Waals surface area contributed by atoms with E-state index in [4.69, 9.17) is 34.8 Å². The molecule has 0 aromatic heterocycles. The summed E-state index contributed by atoms with van der Waals surface area (Å²) in [6.07, 6.45) is -9.66. The maximum atomic E-state index is 14.0. The van der Waals surface area contributed by atoms with Gasteiger partial charge in [0.15, 0.2) is 0 Å². The summed E-state index contributed by atoms with van der Waals surface area (Å²) in [6.45, 7) is -0.491. The van der Waals surface area contributed by atoms with Crippen molar-refractivity contribution in [1.29, 1.82) is 0 Å². The van der Waals surface area contributed by atoms with Crippen molar-refractivity contribution in [3.8, 4) is 0 Å². The lowest BCUT2D eigenvalue weighted by Gasteiger charge is -2.13. The number of amides is 2. The van der Waals surface area contributed by atoms with Crippen molar-refractivity contribution in [1.82, 2.24) is 5.32 Å². The molecule has 1 saturated carbocycles. The predicted octanol–water partition coefficient (Wildman–Crippen LogP) is 6.62. The van der Waals surface area contributed by atoms with Crippen LogP contribution in [-0.4, -0.2) is 28.9 Å². The minimum absolute atomic E-state index is 0.0578. The van der Waals surface area contributed by atoms with E-state index in [-0.39, 0.29) is 27.4 Å². The topological polar surface area (TPSA) is 58.2 Å². The van der Waals surface area contributed by atoms with Crippen molar-refractivity contribution >= 4 is 52.3 Å². The molecule has 4 nitrogen and oxygen atoms in total. The van der Waals surface area contributed by atoms with Gasteiger partial charge in [-0.05, 0) is 42.3 Å². The van der Waals surface area contributed by atoms with Crippen molar-refractivity contribution in [2.24, 2.45) is 5.92 Å². The molecule has 2 N–H and O–H groups in total. The van der Waals surface area contributed by atoms with Gasteiger partial charge in [0.25, 0.3) is 5.91 Å². The number of benzene rings is 2. The first kappa shape index (κ1) is 27.3. The van der Waals surface area contributed by atoms with Gasteiger partial charge in [-0.15, -0.1) is 23.2 Å². The molecule has 35 heavy (non-hydrogen) atoms. The highest BCUT2D eigenvalue weighted by Crippen LogP contribution is 2.65. The number of carbonyl (C=O) groups is 2. The van der Waals surface area contributed by atoms with E-state index >= 15 is 0 Å². The first-order chi connectivity index (χ1) is 15.9. The van der Waals surface area contributed by atoms with E-state index in [1.807, 2.05) is 0 Å². The highest BCUT2D eigenvalue weighted by molar-refractivity contribution is 6.53. The number of rotatable bonds is 5. The zero-order valence-corrected chi connectivity index (χ0v) is 19.6. The summed E-state index contributed by atoms with van der Waals surface area (Å²) < 4.78 is 88.8. The fourth-order valence-electron chi connectivity index (χ4n) is 3.52. The fourth-order valence-corrected chi connectivity index (χ4v) is 4.56. The molecular formula is C21H14Cl3F7N2O2. The third-order valence-corrected chi connectivity index (χ3v) is 6.48. The Labute approximate surface area is 208 Å². The van der Waals surface area contributed by atoms with Crippen molar-refractivity contribution in [3.63, 3.8) is 0 Å². The van der Waals surface area contributed by atoms with Gasteiger partial charge in [-0.1, -0.05) is 17.7 Å². The molecule has 1 aliphatic carbocycles. The molecule has 0 saturated heterocycles. The third-order valence-electron chi connectivity index (χ3n) is 5.21. The van der Waals surface area contributed by atoms with Crippen LogP contribution in [-0.2, 0) is 11.0 Å². The van der Waals surface area contributed by atoms with Crippen LogP contribution in [0.1, 0.15) is 33.0 Å². The van der Waals surface area contributed by atoms with Crippen molar-refractivity contribution in [2.75, 3.05) is 11.9 Å². The Morgan fingerprint density at radius 3 is 2.26 bits per heavy atom. The van der Waals surface area contributed by atoms with Crippen LogP contribution in [0, 0.1) is 18.7 Å². The minimum atomic E-state index is -4.99. The fraction of sp³-hybridized carbons (Fsp3) is 0.333. The van der Waals surface area contributed by atoms with Gasteiger partial charge < -0.3 is 10.6 Å². The van der Waals surface area contributed by atoms with Gasteiger partial charge >= 0.3 is 12.4 Å². The molecule has 1 fully saturated rings. The summed E-state index contributed by atoms with van der Waals surface area (Å²) in [5.74, 6) is -5.84. The molecule has 2 aromatic carbocycles. The van der Waals surface area contributed by atoms with Crippen LogP contribution in [0.2, 0.25) is 5.02 Å². The Balaban J connectivity index is 1.82. The maximum Gasteiger partial charge on any atom is 0.419 e. The highest BCUT2D eigenvalue weighted by atomic mass is 35.5. The highest BCUT2D eigenvalue weighted by Gasteiger charge is 2.68. The summed E-state index contributed by atoms with van der Waals surface area (Å²) in [7, 11) is 0. The number of carbonyl (C=O) groups excluding carboxylic acids is 2. The average Bonchev–Trinajstić information content (AvgIpc) is 3.30. The number of halogens is 10. The zero-order valence-electron chi connectivity index (χ0n) is 17.3. The van der Waals surface area contributed by atoms with Crippen LogP contribution in [0.5, 0.6) is 0 Å². The molecule has 2 aromatic rings. The quantitative estimate of drug-likeness (QED) is 0.316. The molecule has 2 atom stereocenters. The van der Waals surface area contributed by atoms with Gasteiger partial charge in [0, 0.05) is 11.6 Å². The predicted molar refractivity (Wildman–Crippen MR) is 115 cm³/mol. The first-order valence-corrected chi connectivity index (χ1v) is 10.8. The van der Waals surface area contributed by atoms with Gasteiger partial charge in [0.1, 0.15) is 16.7 Å². The lowest BCUT2D eigenvalue weighted by atomic mass is 10.0. The average molecular weight is 566 g/mol. The summed E-state index contributed by atoms with van der Waals surface area (Å²) in [6, 6.07) is 5.04. The largest absolute Gasteiger partial charge is 0.419 e. The third kappa shape index (κ3) is 5.95. The second-order valence-corrected chi connectivity index (χ2v) is 9.66. The van der Waals surface area contributed by atoms with Crippen molar-refractivity contribution < 1.29 is 40.3 Å². The maximum absolute atomic E-state index is 14.0. The SMILES string of the molecule is Cc1cc([C@@H]2[C@H](C(=O)Nc3ccc(Cl)c(C(=O)NCC(F)(F)F)c3)C2(Cl)Cl)cc(C(F)(F)F)c1F. The number of anilines is 1. The monoisotopic (exact) mass is 564 g/mol. The molecule has 3 rings (SSSR count). The minimum Gasteiger partial charge on any atom is -0.343 e. The molecule has 14 heteroatoms. The summed E-state index contributed by atoms with van der Waals surface area (Å²) >= 11 is 18.2. The van der Waals surface area contributed by atoms with Gasteiger partial charge in [-0.3, -0.25) is 9.59 Å². The Bertz CT molecular complexity index is 1180. The molecule has 0 aliphatic heterocycles. The smallest absolute Gasteiger partial charge is 0.343 e. The second kappa shape index (κ2) is 9.33. The Kier molecular flexibility index (Phi) is 7.29. The molecule has 0 unspecified atom stereocenters. The number of hydrogen-bond acceptors (Lipinski definition) is 2. The van der Waals surface area contributed by atoms with Gasteiger partial charge in [-0.25, -0.2) is 4.39 Å². The van der Waals surface area contributed by atoms with E-state index in [1.165, 1.54) is 6.07 Å². The normalized spacial score (nSPS) is 19.3. The molecular weight excluding hydrogens is 552 g/mol. The zero-order chi connectivity index (χ0) is 26.5. The Hall–Kier alpha value is -2.24. The van der Waals surface area contributed by atoms with E-state index in [2.05, 4.69) is 5.32 Å². The Morgan fingerprint density at radius 1 is 1.06 bits per heavy atom. The van der Waals surface area contributed by atoms with Crippen LogP contribution in [0.15, 0.2) is 30.3 Å². The molecule has 0 heterocycles. The molecule has 0 radical (unpaired) electrons. The first-order valence-electron chi connectivity index (χ1n) is 9.64. The number of alkyl halides is 8.